The van der Waals surface area contributed by atoms with Crippen LogP contribution in [0.15, 0.2) is 12.1 Å². The molecule has 0 bridgehead atoms. The minimum atomic E-state index is -0.434. The second kappa shape index (κ2) is 8.29. The minimum Gasteiger partial charge on any atom is -0.490 e. The Balaban J connectivity index is 1.73. The molecule has 4 rings (SSSR count). The van der Waals surface area contributed by atoms with E-state index in [9.17, 15) is 14.4 Å². The summed E-state index contributed by atoms with van der Waals surface area (Å²) in [5.41, 5.74) is 1.64. The average molecular weight is 429 g/mol. The van der Waals surface area contributed by atoms with Gasteiger partial charge in [-0.1, -0.05) is 6.92 Å². The van der Waals surface area contributed by atoms with Gasteiger partial charge in [0, 0.05) is 31.2 Å². The maximum atomic E-state index is 13.1. The van der Waals surface area contributed by atoms with Crippen molar-refractivity contribution in [2.24, 2.45) is 17.3 Å². The number of carbonyl (C=O) groups is 3. The molecule has 0 radical (unpaired) electrons. The lowest BCUT2D eigenvalue weighted by atomic mass is 9.58. The molecule has 0 spiro atoms. The highest BCUT2D eigenvalue weighted by Gasteiger charge is 2.56. The first-order valence-electron chi connectivity index (χ1n) is 11.4. The number of Topliss-reactive ketones (excluding diaryl/α,β-unsaturated/α-hetero) is 1. The summed E-state index contributed by atoms with van der Waals surface area (Å²) in [5.74, 6) is 1.30. The molecule has 168 valence electrons. The fraction of sp³-hybridized carbons (Fsp3) is 0.640. The molecule has 0 amide bonds. The molecule has 1 aromatic rings. The molecule has 0 aliphatic heterocycles. The van der Waals surface area contributed by atoms with E-state index < -0.39 is 5.97 Å². The minimum absolute atomic E-state index is 0.0409. The standard InChI is InChI=1S/C25H32O6/c1-5-29-22-12-18-16-10-11-25(4)20(7-9-24(25)31-15(3)27)17(16)6-8-21(28)19(18)13-23(22)30-14(2)26/h12-13,16-17,20,24H,5-11H2,1-4H3/t16-,17+,20-,24-,25-/m0/s1. The van der Waals surface area contributed by atoms with E-state index in [4.69, 9.17) is 14.2 Å². The van der Waals surface area contributed by atoms with Gasteiger partial charge < -0.3 is 14.2 Å². The van der Waals surface area contributed by atoms with Gasteiger partial charge in [-0.25, -0.2) is 0 Å². The molecule has 3 aliphatic rings. The molecule has 5 atom stereocenters. The van der Waals surface area contributed by atoms with Crippen molar-refractivity contribution >= 4 is 17.7 Å². The lowest BCUT2D eigenvalue weighted by Crippen LogP contribution is -2.43. The van der Waals surface area contributed by atoms with Crippen LogP contribution in [-0.4, -0.2) is 30.4 Å². The van der Waals surface area contributed by atoms with Gasteiger partial charge in [-0.2, -0.15) is 0 Å². The Bertz CT molecular complexity index is 906. The van der Waals surface area contributed by atoms with Gasteiger partial charge in [0.05, 0.1) is 6.61 Å². The van der Waals surface area contributed by atoms with E-state index in [0.717, 1.165) is 37.7 Å². The number of fused-ring (bicyclic) bond motifs is 5. The van der Waals surface area contributed by atoms with Gasteiger partial charge in [0.15, 0.2) is 17.3 Å². The molecule has 31 heavy (non-hydrogen) atoms. The summed E-state index contributed by atoms with van der Waals surface area (Å²) in [6.07, 6.45) is 5.07. The summed E-state index contributed by atoms with van der Waals surface area (Å²) in [5, 5.41) is 0. The summed E-state index contributed by atoms with van der Waals surface area (Å²) in [4.78, 5) is 36.3. The zero-order valence-corrected chi connectivity index (χ0v) is 18.9. The maximum Gasteiger partial charge on any atom is 0.308 e. The highest BCUT2D eigenvalue weighted by molar-refractivity contribution is 5.99. The molecule has 0 aromatic heterocycles. The molecule has 0 unspecified atom stereocenters. The van der Waals surface area contributed by atoms with Crippen LogP contribution in [0.25, 0.3) is 0 Å². The number of hydrogen-bond acceptors (Lipinski definition) is 6. The van der Waals surface area contributed by atoms with Crippen LogP contribution in [0.4, 0.5) is 0 Å². The zero-order chi connectivity index (χ0) is 22.3. The van der Waals surface area contributed by atoms with Gasteiger partial charge in [0.2, 0.25) is 0 Å². The molecule has 2 saturated carbocycles. The summed E-state index contributed by atoms with van der Waals surface area (Å²) in [6.45, 7) is 7.42. The Morgan fingerprint density at radius 3 is 2.52 bits per heavy atom. The van der Waals surface area contributed by atoms with E-state index in [1.54, 1.807) is 6.07 Å². The number of carbonyl (C=O) groups excluding carboxylic acids is 3. The van der Waals surface area contributed by atoms with E-state index in [-0.39, 0.29) is 29.2 Å². The highest BCUT2D eigenvalue weighted by Crippen LogP contribution is 2.61. The van der Waals surface area contributed by atoms with Crippen LogP contribution < -0.4 is 9.47 Å². The van der Waals surface area contributed by atoms with Gasteiger partial charge in [0.25, 0.3) is 0 Å². The third-order valence-corrected chi connectivity index (χ3v) is 7.73. The summed E-state index contributed by atoms with van der Waals surface area (Å²) < 4.78 is 16.9. The second-order valence-corrected chi connectivity index (χ2v) is 9.47. The lowest BCUT2D eigenvalue weighted by molar-refractivity contribution is -0.154. The molecule has 3 aliphatic carbocycles. The normalized spacial score (nSPS) is 31.7. The maximum absolute atomic E-state index is 13.1. The number of esters is 2. The summed E-state index contributed by atoms with van der Waals surface area (Å²) >= 11 is 0. The van der Waals surface area contributed by atoms with Crippen molar-refractivity contribution in [2.45, 2.75) is 78.2 Å². The van der Waals surface area contributed by atoms with Crippen molar-refractivity contribution in [1.29, 1.82) is 0 Å². The first-order chi connectivity index (χ1) is 14.7. The van der Waals surface area contributed by atoms with Crippen molar-refractivity contribution in [3.63, 3.8) is 0 Å². The lowest BCUT2D eigenvalue weighted by Gasteiger charge is -2.48. The molecule has 2 fully saturated rings. The van der Waals surface area contributed by atoms with E-state index >= 15 is 0 Å². The van der Waals surface area contributed by atoms with Crippen molar-refractivity contribution in [3.05, 3.63) is 23.3 Å². The third-order valence-electron chi connectivity index (χ3n) is 7.73. The molecular weight excluding hydrogens is 396 g/mol. The molecular formula is C25H32O6. The third kappa shape index (κ3) is 3.85. The number of benzene rings is 1. The fourth-order valence-corrected chi connectivity index (χ4v) is 6.48. The Hall–Kier alpha value is -2.37. The first kappa shape index (κ1) is 21.8. The molecule has 0 heterocycles. The fourth-order valence-electron chi connectivity index (χ4n) is 6.48. The Morgan fingerprint density at radius 2 is 1.84 bits per heavy atom. The van der Waals surface area contributed by atoms with Crippen LogP contribution in [0.3, 0.4) is 0 Å². The zero-order valence-electron chi connectivity index (χ0n) is 18.9. The molecule has 1 aromatic carbocycles. The number of ether oxygens (including phenoxy) is 3. The predicted octanol–water partition coefficient (Wildman–Crippen LogP) is 4.83. The Labute approximate surface area is 183 Å². The predicted molar refractivity (Wildman–Crippen MR) is 114 cm³/mol. The van der Waals surface area contributed by atoms with Gasteiger partial charge in [-0.3, -0.25) is 14.4 Å². The average Bonchev–Trinajstić information content (AvgIpc) is 2.95. The van der Waals surface area contributed by atoms with Crippen LogP contribution in [0.2, 0.25) is 0 Å². The summed E-state index contributed by atoms with van der Waals surface area (Å²) in [7, 11) is 0. The SMILES string of the molecule is CCOc1cc2c(cc1OC(C)=O)C(=O)CC[C@@H]1[C@@H]2CC[C@]2(C)[C@@H](OC(C)=O)CC[C@@H]12. The van der Waals surface area contributed by atoms with E-state index in [0.29, 0.717) is 41.9 Å². The van der Waals surface area contributed by atoms with Gasteiger partial charge in [-0.05, 0) is 74.5 Å². The monoisotopic (exact) mass is 428 g/mol. The van der Waals surface area contributed by atoms with Crippen LogP contribution in [0.1, 0.15) is 88.1 Å². The largest absolute Gasteiger partial charge is 0.490 e. The van der Waals surface area contributed by atoms with Crippen molar-refractivity contribution in [3.8, 4) is 11.5 Å². The van der Waals surface area contributed by atoms with Crippen molar-refractivity contribution < 1.29 is 28.6 Å². The van der Waals surface area contributed by atoms with Crippen LogP contribution in [0.5, 0.6) is 11.5 Å². The van der Waals surface area contributed by atoms with Crippen LogP contribution >= 0.6 is 0 Å². The Morgan fingerprint density at radius 1 is 1.06 bits per heavy atom. The van der Waals surface area contributed by atoms with Gasteiger partial charge >= 0.3 is 11.9 Å². The van der Waals surface area contributed by atoms with Gasteiger partial charge in [-0.15, -0.1) is 0 Å². The van der Waals surface area contributed by atoms with Crippen molar-refractivity contribution in [2.75, 3.05) is 6.61 Å². The van der Waals surface area contributed by atoms with E-state index in [1.165, 1.54) is 13.8 Å². The van der Waals surface area contributed by atoms with Crippen LogP contribution in [-0.2, 0) is 14.3 Å². The first-order valence-corrected chi connectivity index (χ1v) is 11.4. The number of hydrogen-bond donors (Lipinski definition) is 0. The summed E-state index contributed by atoms with van der Waals surface area (Å²) in [6, 6.07) is 3.63. The Kier molecular flexibility index (Phi) is 5.84. The van der Waals surface area contributed by atoms with Crippen LogP contribution in [0, 0.1) is 17.3 Å². The quantitative estimate of drug-likeness (QED) is 0.505. The van der Waals surface area contributed by atoms with E-state index in [1.807, 2.05) is 13.0 Å². The smallest absolute Gasteiger partial charge is 0.308 e. The number of rotatable bonds is 4. The van der Waals surface area contributed by atoms with E-state index in [2.05, 4.69) is 6.92 Å². The number of ketones is 1. The highest BCUT2D eigenvalue weighted by atomic mass is 16.6. The molecule has 6 heteroatoms. The van der Waals surface area contributed by atoms with Gasteiger partial charge in [0.1, 0.15) is 6.10 Å². The molecule has 0 saturated heterocycles. The second-order valence-electron chi connectivity index (χ2n) is 9.47. The van der Waals surface area contributed by atoms with Crippen molar-refractivity contribution in [1.82, 2.24) is 0 Å². The molecule has 0 N–H and O–H groups in total. The molecule has 6 nitrogen and oxygen atoms in total. The topological polar surface area (TPSA) is 78.9 Å².